The Balaban J connectivity index is 1.83. The van der Waals surface area contributed by atoms with Crippen molar-refractivity contribution in [2.75, 3.05) is 38.8 Å². The van der Waals surface area contributed by atoms with Gasteiger partial charge in [0.2, 0.25) is 0 Å². The Hall–Kier alpha value is -3.21. The van der Waals surface area contributed by atoms with Gasteiger partial charge < -0.3 is 19.5 Å². The largest absolute Gasteiger partial charge is 0.497 e. The average Bonchev–Trinajstić information content (AvgIpc) is 2.77. The Kier molecular flexibility index (Phi) is 5.56. The molecule has 148 valence electrons. The van der Waals surface area contributed by atoms with Crippen molar-refractivity contribution in [3.8, 4) is 22.9 Å². The number of fused-ring (bicyclic) bond motifs is 1. The number of hydrogen-bond acceptors (Lipinski definition) is 6. The van der Waals surface area contributed by atoms with Crippen LogP contribution >= 0.6 is 0 Å². The molecule has 4 rings (SSSR count). The number of nitriles is 1. The van der Waals surface area contributed by atoms with Gasteiger partial charge in [-0.25, -0.2) is 9.37 Å². The van der Waals surface area contributed by atoms with Crippen molar-refractivity contribution in [3.63, 3.8) is 0 Å². The summed E-state index contributed by atoms with van der Waals surface area (Å²) in [6, 6.07) is 13.8. The highest BCUT2D eigenvalue weighted by atomic mass is 19.1. The number of halogens is 1. The van der Waals surface area contributed by atoms with Gasteiger partial charge in [0.1, 0.15) is 23.5 Å². The summed E-state index contributed by atoms with van der Waals surface area (Å²) in [6.07, 6.45) is -0.0905. The Bertz CT molecular complexity index is 1070. The summed E-state index contributed by atoms with van der Waals surface area (Å²) in [5.41, 5.74) is 1.37. The highest BCUT2D eigenvalue weighted by molar-refractivity contribution is 6.04. The summed E-state index contributed by atoms with van der Waals surface area (Å²) < 4.78 is 30.3. The van der Waals surface area contributed by atoms with Crippen molar-refractivity contribution in [1.82, 2.24) is 4.98 Å². The summed E-state index contributed by atoms with van der Waals surface area (Å²) in [6.45, 7) is 2.15. The van der Waals surface area contributed by atoms with Crippen molar-refractivity contribution >= 4 is 16.6 Å². The minimum absolute atomic E-state index is 0.0905. The Morgan fingerprint density at radius 2 is 2.14 bits per heavy atom. The molecule has 1 unspecified atom stereocenters. The van der Waals surface area contributed by atoms with Crippen molar-refractivity contribution in [1.29, 1.82) is 5.26 Å². The van der Waals surface area contributed by atoms with E-state index in [9.17, 15) is 9.65 Å². The second-order valence-electron chi connectivity index (χ2n) is 6.67. The molecule has 0 radical (unpaired) electrons. The van der Waals surface area contributed by atoms with Crippen molar-refractivity contribution in [2.24, 2.45) is 0 Å². The lowest BCUT2D eigenvalue weighted by molar-refractivity contribution is -0.0819. The number of rotatable bonds is 5. The fourth-order valence-corrected chi connectivity index (χ4v) is 3.44. The van der Waals surface area contributed by atoms with Gasteiger partial charge in [-0.15, -0.1) is 0 Å². The van der Waals surface area contributed by atoms with Crippen LogP contribution in [0.2, 0.25) is 0 Å². The number of benzene rings is 2. The van der Waals surface area contributed by atoms with E-state index in [0.717, 1.165) is 10.8 Å². The fourth-order valence-electron chi connectivity index (χ4n) is 3.44. The van der Waals surface area contributed by atoms with E-state index in [-0.39, 0.29) is 17.6 Å². The second kappa shape index (κ2) is 8.43. The molecule has 1 aliphatic heterocycles. The van der Waals surface area contributed by atoms with Crippen LogP contribution in [0.4, 0.5) is 10.2 Å². The average molecular weight is 393 g/mol. The highest BCUT2D eigenvalue weighted by Crippen LogP contribution is 2.36. The first kappa shape index (κ1) is 19.1. The van der Waals surface area contributed by atoms with Crippen molar-refractivity contribution in [2.45, 2.75) is 6.10 Å². The quantitative estimate of drug-likeness (QED) is 0.712. The normalized spacial score (nSPS) is 16.4. The Labute approximate surface area is 167 Å². The molecule has 1 saturated heterocycles. The van der Waals surface area contributed by atoms with E-state index < -0.39 is 0 Å². The molecule has 7 heteroatoms. The number of hydrogen-bond donors (Lipinski definition) is 1. The molecule has 1 N–H and O–H groups in total. The lowest BCUT2D eigenvalue weighted by Gasteiger charge is -2.24. The van der Waals surface area contributed by atoms with Gasteiger partial charge in [-0.2, -0.15) is 5.26 Å². The molecule has 1 fully saturated rings. The second-order valence-corrected chi connectivity index (χ2v) is 6.67. The number of anilines is 1. The SMILES string of the molecule is COc1ccc2c(NCC3COCCO3)nc(C#N)c(-c3cccc(F)c3)c2c1. The van der Waals surface area contributed by atoms with Crippen LogP contribution in [0.3, 0.4) is 0 Å². The van der Waals surface area contributed by atoms with Gasteiger partial charge in [0.05, 0.1) is 33.0 Å². The molecule has 6 nitrogen and oxygen atoms in total. The van der Waals surface area contributed by atoms with E-state index in [1.807, 2.05) is 18.2 Å². The molecule has 3 aromatic rings. The van der Waals surface area contributed by atoms with Crippen LogP contribution in [0.15, 0.2) is 42.5 Å². The minimum Gasteiger partial charge on any atom is -0.497 e. The third-order valence-electron chi connectivity index (χ3n) is 4.81. The van der Waals surface area contributed by atoms with Crippen LogP contribution in [-0.4, -0.2) is 44.6 Å². The smallest absolute Gasteiger partial charge is 0.151 e. The molecule has 1 aromatic heterocycles. The monoisotopic (exact) mass is 393 g/mol. The van der Waals surface area contributed by atoms with E-state index in [1.165, 1.54) is 12.1 Å². The number of nitrogens with one attached hydrogen (secondary N) is 1. The maximum Gasteiger partial charge on any atom is 0.151 e. The third-order valence-corrected chi connectivity index (χ3v) is 4.81. The molecular formula is C22H20FN3O3. The van der Waals surface area contributed by atoms with Crippen LogP contribution in [0.5, 0.6) is 5.75 Å². The third kappa shape index (κ3) is 3.99. The first-order valence-electron chi connectivity index (χ1n) is 9.30. The fraction of sp³-hybridized carbons (Fsp3) is 0.273. The summed E-state index contributed by atoms with van der Waals surface area (Å²) >= 11 is 0. The van der Waals surface area contributed by atoms with Gasteiger partial charge in [0.25, 0.3) is 0 Å². The first-order valence-corrected chi connectivity index (χ1v) is 9.30. The summed E-state index contributed by atoms with van der Waals surface area (Å²) in [7, 11) is 1.58. The standard InChI is InChI=1S/C22H20FN3O3/c1-27-16-5-6-18-19(10-16)21(14-3-2-4-15(23)9-14)20(11-24)26-22(18)25-12-17-13-28-7-8-29-17/h2-6,9-10,17H,7-8,12-13H2,1H3,(H,25,26). The van der Waals surface area contributed by atoms with Gasteiger partial charge in [-0.3, -0.25) is 0 Å². The number of aromatic nitrogens is 1. The number of nitrogens with zero attached hydrogens (tertiary/aromatic N) is 2. The molecule has 0 saturated carbocycles. The molecule has 0 amide bonds. The summed E-state index contributed by atoms with van der Waals surface area (Å²) in [4.78, 5) is 4.53. The lowest BCUT2D eigenvalue weighted by atomic mass is 9.96. The Morgan fingerprint density at radius 1 is 1.24 bits per heavy atom. The van der Waals surface area contributed by atoms with Crippen molar-refractivity contribution in [3.05, 3.63) is 54.0 Å². The maximum absolute atomic E-state index is 13.9. The zero-order valence-electron chi connectivity index (χ0n) is 15.9. The number of methoxy groups -OCH3 is 1. The molecule has 1 aliphatic rings. The van der Waals surface area contributed by atoms with Crippen LogP contribution in [0.25, 0.3) is 21.9 Å². The van der Waals surface area contributed by atoms with Gasteiger partial charge >= 0.3 is 0 Å². The highest BCUT2D eigenvalue weighted by Gasteiger charge is 2.19. The number of pyridine rings is 1. The number of ether oxygens (including phenoxy) is 3. The van der Waals surface area contributed by atoms with E-state index in [2.05, 4.69) is 16.4 Å². The topological polar surface area (TPSA) is 76.4 Å². The van der Waals surface area contributed by atoms with Crippen LogP contribution in [-0.2, 0) is 9.47 Å². The van der Waals surface area contributed by atoms with Crippen LogP contribution < -0.4 is 10.1 Å². The Morgan fingerprint density at radius 3 is 2.86 bits per heavy atom. The van der Waals surface area contributed by atoms with Gasteiger partial charge in [0, 0.05) is 17.5 Å². The molecule has 1 atom stereocenters. The minimum atomic E-state index is -0.376. The van der Waals surface area contributed by atoms with Crippen LogP contribution in [0, 0.1) is 17.1 Å². The maximum atomic E-state index is 13.9. The molecule has 0 bridgehead atoms. The van der Waals surface area contributed by atoms with Gasteiger partial charge in [-0.05, 0) is 41.3 Å². The van der Waals surface area contributed by atoms with Crippen LogP contribution in [0.1, 0.15) is 5.69 Å². The summed E-state index contributed by atoms with van der Waals surface area (Å²) in [5.74, 6) is 0.827. The predicted molar refractivity (Wildman–Crippen MR) is 107 cm³/mol. The molecule has 0 aliphatic carbocycles. The van der Waals surface area contributed by atoms with Crippen molar-refractivity contribution < 1.29 is 18.6 Å². The van der Waals surface area contributed by atoms with Gasteiger partial charge in [-0.1, -0.05) is 12.1 Å². The van der Waals surface area contributed by atoms with E-state index in [0.29, 0.717) is 49.1 Å². The molecule has 2 heterocycles. The zero-order valence-corrected chi connectivity index (χ0v) is 15.9. The first-order chi connectivity index (χ1) is 14.2. The molecular weight excluding hydrogens is 373 g/mol. The molecule has 2 aromatic carbocycles. The van der Waals surface area contributed by atoms with E-state index in [4.69, 9.17) is 14.2 Å². The van der Waals surface area contributed by atoms with E-state index in [1.54, 1.807) is 19.2 Å². The van der Waals surface area contributed by atoms with E-state index >= 15 is 0 Å². The van der Waals surface area contributed by atoms with Gasteiger partial charge in [0.15, 0.2) is 5.69 Å². The molecule has 0 spiro atoms. The predicted octanol–water partition coefficient (Wildman–Crippen LogP) is 3.75. The molecule has 29 heavy (non-hydrogen) atoms. The summed E-state index contributed by atoms with van der Waals surface area (Å²) in [5, 5.41) is 14.6. The lowest BCUT2D eigenvalue weighted by Crippen LogP contribution is -2.34. The zero-order chi connectivity index (χ0) is 20.2.